The summed E-state index contributed by atoms with van der Waals surface area (Å²) in [4.78, 5) is 12.8. The van der Waals surface area contributed by atoms with Crippen LogP contribution in [0.25, 0.3) is 0 Å². The standard InChI is InChI=1S/C11H13BrN2O2/c1-13-6-10(11(7-13)14(15)16)8-2-4-9(12)5-3-8/h2-5,10-11H,6-7H2,1H3. The summed E-state index contributed by atoms with van der Waals surface area (Å²) in [6.07, 6.45) is 0. The van der Waals surface area contributed by atoms with Gasteiger partial charge in [0.25, 0.3) is 0 Å². The summed E-state index contributed by atoms with van der Waals surface area (Å²) in [5, 5.41) is 11.0. The quantitative estimate of drug-likeness (QED) is 0.617. The van der Waals surface area contributed by atoms with Gasteiger partial charge in [-0.3, -0.25) is 15.0 Å². The van der Waals surface area contributed by atoms with Crippen LogP contribution in [0.3, 0.4) is 0 Å². The van der Waals surface area contributed by atoms with Gasteiger partial charge < -0.3 is 0 Å². The molecule has 2 atom stereocenters. The van der Waals surface area contributed by atoms with Gasteiger partial charge in [-0.05, 0) is 24.7 Å². The van der Waals surface area contributed by atoms with Crippen LogP contribution in [-0.2, 0) is 0 Å². The number of rotatable bonds is 2. The summed E-state index contributed by atoms with van der Waals surface area (Å²) < 4.78 is 1.00. The fourth-order valence-corrected chi connectivity index (χ4v) is 2.49. The molecule has 1 aromatic rings. The molecular formula is C11H13BrN2O2. The lowest BCUT2D eigenvalue weighted by molar-refractivity contribution is -0.521. The average Bonchev–Trinajstić information content (AvgIpc) is 2.61. The molecule has 0 N–H and O–H groups in total. The summed E-state index contributed by atoms with van der Waals surface area (Å²) in [7, 11) is 1.93. The third kappa shape index (κ3) is 2.25. The van der Waals surface area contributed by atoms with Gasteiger partial charge in [0.2, 0.25) is 6.04 Å². The molecule has 0 aliphatic carbocycles. The molecule has 1 aromatic carbocycles. The Morgan fingerprint density at radius 2 is 2.00 bits per heavy atom. The second kappa shape index (κ2) is 4.51. The van der Waals surface area contributed by atoms with Crippen molar-refractivity contribution >= 4 is 15.9 Å². The van der Waals surface area contributed by atoms with E-state index >= 15 is 0 Å². The van der Waals surface area contributed by atoms with Gasteiger partial charge >= 0.3 is 0 Å². The van der Waals surface area contributed by atoms with Gasteiger partial charge in [-0.15, -0.1) is 0 Å². The highest BCUT2D eigenvalue weighted by atomic mass is 79.9. The lowest BCUT2D eigenvalue weighted by atomic mass is 9.95. The van der Waals surface area contributed by atoms with E-state index in [1.165, 1.54) is 0 Å². The molecule has 1 fully saturated rings. The first-order valence-electron chi connectivity index (χ1n) is 5.15. The normalized spacial score (nSPS) is 25.9. The Bertz CT molecular complexity index is 393. The lowest BCUT2D eigenvalue weighted by Crippen LogP contribution is -2.27. The van der Waals surface area contributed by atoms with Crippen LogP contribution in [0.15, 0.2) is 28.7 Å². The van der Waals surface area contributed by atoms with Crippen LogP contribution in [-0.4, -0.2) is 36.0 Å². The number of likely N-dealkylation sites (tertiary alicyclic amines) is 1. The first-order chi connectivity index (χ1) is 7.58. The Morgan fingerprint density at radius 1 is 1.38 bits per heavy atom. The minimum absolute atomic E-state index is 0.00750. The fourth-order valence-electron chi connectivity index (χ4n) is 2.23. The third-order valence-corrected chi connectivity index (χ3v) is 3.57. The molecule has 1 aliphatic rings. The zero-order valence-electron chi connectivity index (χ0n) is 8.97. The summed E-state index contributed by atoms with van der Waals surface area (Å²) in [5.74, 6) is 0.00750. The van der Waals surface area contributed by atoms with Crippen LogP contribution in [0.5, 0.6) is 0 Å². The van der Waals surface area contributed by atoms with Gasteiger partial charge in [-0.1, -0.05) is 28.1 Å². The van der Waals surface area contributed by atoms with Gasteiger partial charge in [-0.25, -0.2) is 0 Å². The smallest absolute Gasteiger partial charge is 0.233 e. The van der Waals surface area contributed by atoms with Crippen molar-refractivity contribution in [2.45, 2.75) is 12.0 Å². The molecule has 1 heterocycles. The molecule has 2 rings (SSSR count). The first kappa shape index (κ1) is 11.5. The Labute approximate surface area is 103 Å². The number of nitro groups is 1. The lowest BCUT2D eigenvalue weighted by Gasteiger charge is -2.12. The van der Waals surface area contributed by atoms with Crippen molar-refractivity contribution in [1.82, 2.24) is 4.90 Å². The number of halogens is 1. The van der Waals surface area contributed by atoms with Gasteiger partial charge in [-0.2, -0.15) is 0 Å². The highest BCUT2D eigenvalue weighted by molar-refractivity contribution is 9.10. The maximum atomic E-state index is 11.0. The monoisotopic (exact) mass is 284 g/mol. The molecule has 2 unspecified atom stereocenters. The van der Waals surface area contributed by atoms with Gasteiger partial charge in [0.15, 0.2) is 0 Å². The highest BCUT2D eigenvalue weighted by Crippen LogP contribution is 2.29. The zero-order chi connectivity index (χ0) is 11.7. The first-order valence-corrected chi connectivity index (χ1v) is 5.94. The number of hydrogen-bond donors (Lipinski definition) is 0. The van der Waals surface area contributed by atoms with E-state index in [9.17, 15) is 10.1 Å². The van der Waals surface area contributed by atoms with E-state index in [0.29, 0.717) is 6.54 Å². The predicted molar refractivity (Wildman–Crippen MR) is 65.2 cm³/mol. The number of nitrogens with zero attached hydrogens (tertiary/aromatic N) is 2. The predicted octanol–water partition coefficient (Wildman–Crippen LogP) is 2.12. The molecule has 1 saturated heterocycles. The van der Waals surface area contributed by atoms with Crippen molar-refractivity contribution in [2.75, 3.05) is 20.1 Å². The van der Waals surface area contributed by atoms with E-state index in [2.05, 4.69) is 15.9 Å². The molecule has 0 saturated carbocycles. The molecule has 0 radical (unpaired) electrons. The topological polar surface area (TPSA) is 46.4 Å². The summed E-state index contributed by atoms with van der Waals surface area (Å²) in [5.41, 5.74) is 1.05. The second-order valence-electron chi connectivity index (χ2n) is 4.23. The van der Waals surface area contributed by atoms with Crippen molar-refractivity contribution in [1.29, 1.82) is 0 Å². The number of hydrogen-bond acceptors (Lipinski definition) is 3. The summed E-state index contributed by atoms with van der Waals surface area (Å²) in [6, 6.07) is 7.32. The van der Waals surface area contributed by atoms with Crippen LogP contribution in [0, 0.1) is 10.1 Å². The molecule has 0 aromatic heterocycles. The highest BCUT2D eigenvalue weighted by Gasteiger charge is 2.40. The Balaban J connectivity index is 2.25. The molecule has 16 heavy (non-hydrogen) atoms. The Hall–Kier alpha value is -0.940. The van der Waals surface area contributed by atoms with Gasteiger partial charge in [0.05, 0.1) is 12.5 Å². The largest absolute Gasteiger partial charge is 0.299 e. The molecule has 1 aliphatic heterocycles. The van der Waals surface area contributed by atoms with E-state index in [-0.39, 0.29) is 10.8 Å². The maximum absolute atomic E-state index is 11.0. The van der Waals surface area contributed by atoms with E-state index in [1.807, 2.05) is 36.2 Å². The van der Waals surface area contributed by atoms with Gasteiger partial charge in [0, 0.05) is 15.9 Å². The van der Waals surface area contributed by atoms with Crippen LogP contribution in [0.1, 0.15) is 11.5 Å². The number of benzene rings is 1. The van der Waals surface area contributed by atoms with Crippen molar-refractivity contribution in [2.24, 2.45) is 0 Å². The van der Waals surface area contributed by atoms with Crippen LogP contribution >= 0.6 is 15.9 Å². The van der Waals surface area contributed by atoms with E-state index < -0.39 is 6.04 Å². The van der Waals surface area contributed by atoms with Crippen LogP contribution in [0.2, 0.25) is 0 Å². The molecule has 4 nitrogen and oxygen atoms in total. The summed E-state index contributed by atoms with van der Waals surface area (Å²) in [6.45, 7) is 1.29. The fraction of sp³-hybridized carbons (Fsp3) is 0.455. The van der Waals surface area contributed by atoms with Crippen LogP contribution < -0.4 is 0 Å². The molecule has 5 heteroatoms. The maximum Gasteiger partial charge on any atom is 0.233 e. The van der Waals surface area contributed by atoms with Crippen molar-refractivity contribution < 1.29 is 4.92 Å². The second-order valence-corrected chi connectivity index (χ2v) is 5.15. The minimum atomic E-state index is -0.480. The number of likely N-dealkylation sites (N-methyl/N-ethyl adjacent to an activating group) is 1. The van der Waals surface area contributed by atoms with Crippen molar-refractivity contribution in [3.05, 3.63) is 44.4 Å². The van der Waals surface area contributed by atoms with E-state index in [4.69, 9.17) is 0 Å². The Kier molecular flexibility index (Phi) is 3.25. The molecule has 0 bridgehead atoms. The summed E-state index contributed by atoms with van der Waals surface area (Å²) >= 11 is 3.37. The zero-order valence-corrected chi connectivity index (χ0v) is 10.6. The van der Waals surface area contributed by atoms with Crippen molar-refractivity contribution in [3.8, 4) is 0 Å². The van der Waals surface area contributed by atoms with Crippen molar-refractivity contribution in [3.63, 3.8) is 0 Å². The molecule has 86 valence electrons. The minimum Gasteiger partial charge on any atom is -0.299 e. The van der Waals surface area contributed by atoms with E-state index in [0.717, 1.165) is 16.6 Å². The molecular weight excluding hydrogens is 272 g/mol. The average molecular weight is 285 g/mol. The third-order valence-electron chi connectivity index (χ3n) is 3.04. The van der Waals surface area contributed by atoms with Gasteiger partial charge in [0.1, 0.15) is 0 Å². The van der Waals surface area contributed by atoms with E-state index in [1.54, 1.807) is 0 Å². The molecule has 0 spiro atoms. The SMILES string of the molecule is CN1CC(c2ccc(Br)cc2)C([N+](=O)[O-])C1. The molecule has 0 amide bonds. The Morgan fingerprint density at radius 3 is 2.56 bits per heavy atom. The van der Waals surface area contributed by atoms with Crippen LogP contribution in [0.4, 0.5) is 0 Å².